The van der Waals surface area contributed by atoms with Crippen LogP contribution in [-0.2, 0) is 4.79 Å². The van der Waals surface area contributed by atoms with Gasteiger partial charge in [0.1, 0.15) is 6.04 Å². The smallest absolute Gasteiger partial charge is 0.320 e. The van der Waals surface area contributed by atoms with Crippen molar-refractivity contribution in [2.45, 2.75) is 18.4 Å². The Balaban J connectivity index is 0.000001000. The van der Waals surface area contributed by atoms with Gasteiger partial charge in [-0.2, -0.15) is 0 Å². The summed E-state index contributed by atoms with van der Waals surface area (Å²) in [5.74, 6) is -4.06. The van der Waals surface area contributed by atoms with Gasteiger partial charge in [-0.25, -0.2) is 8.78 Å². The third-order valence-corrected chi connectivity index (χ3v) is 1.41. The number of halogens is 3. The Bertz CT molecular complexity index is 165. The van der Waals surface area contributed by atoms with Gasteiger partial charge in [-0.15, -0.1) is 17.0 Å². The lowest BCUT2D eigenvalue weighted by atomic mass is 10.2. The van der Waals surface area contributed by atoms with E-state index >= 15 is 0 Å². The number of hydrogen-bond acceptors (Lipinski definition) is 2. The molecule has 0 aromatic heterocycles. The SMILES string of the molecule is Br.O=C(O)C1CC(F)(F)CN1. The lowest BCUT2D eigenvalue weighted by Gasteiger charge is -2.03. The molecule has 0 radical (unpaired) electrons. The van der Waals surface area contributed by atoms with E-state index in [-0.39, 0.29) is 17.0 Å². The Morgan fingerprint density at radius 3 is 2.36 bits per heavy atom. The summed E-state index contributed by atoms with van der Waals surface area (Å²) in [6, 6.07) is -1.07. The Hall–Kier alpha value is -0.230. The van der Waals surface area contributed by atoms with Gasteiger partial charge in [0.15, 0.2) is 0 Å². The van der Waals surface area contributed by atoms with Gasteiger partial charge < -0.3 is 5.11 Å². The van der Waals surface area contributed by atoms with Gasteiger partial charge in [0.2, 0.25) is 0 Å². The van der Waals surface area contributed by atoms with Gasteiger partial charge in [-0.3, -0.25) is 10.1 Å². The molecular weight excluding hydrogens is 224 g/mol. The number of nitrogens with one attached hydrogen (secondary N) is 1. The van der Waals surface area contributed by atoms with E-state index in [2.05, 4.69) is 5.32 Å². The summed E-state index contributed by atoms with van der Waals surface area (Å²) in [6.45, 7) is -0.524. The standard InChI is InChI=1S/C5H7F2NO2.BrH/c6-5(7)1-3(4(9)10)8-2-5;/h3,8H,1-2H2,(H,9,10);1H. The number of aliphatic carboxylic acids is 1. The van der Waals surface area contributed by atoms with Crippen molar-refractivity contribution in [1.82, 2.24) is 5.32 Å². The Morgan fingerprint density at radius 2 is 2.18 bits per heavy atom. The van der Waals surface area contributed by atoms with E-state index in [1.807, 2.05) is 0 Å². The molecule has 6 heteroatoms. The minimum atomic E-state index is -2.84. The first-order chi connectivity index (χ1) is 4.51. The second kappa shape index (κ2) is 3.44. The van der Waals surface area contributed by atoms with Crippen molar-refractivity contribution >= 4 is 23.0 Å². The molecule has 2 N–H and O–H groups in total. The molecule has 1 rings (SSSR count). The minimum Gasteiger partial charge on any atom is -0.480 e. The van der Waals surface area contributed by atoms with Crippen LogP contribution in [0.2, 0.25) is 0 Å². The monoisotopic (exact) mass is 231 g/mol. The Kier molecular flexibility index (Phi) is 3.37. The van der Waals surface area contributed by atoms with E-state index in [1.54, 1.807) is 0 Å². The Morgan fingerprint density at radius 1 is 1.64 bits per heavy atom. The van der Waals surface area contributed by atoms with Crippen LogP contribution in [0.3, 0.4) is 0 Å². The second-order valence-corrected chi connectivity index (χ2v) is 2.33. The molecule has 0 aromatic rings. The van der Waals surface area contributed by atoms with Crippen LogP contribution < -0.4 is 5.32 Å². The number of carboxylic acid groups (broad SMARTS) is 1. The number of carbonyl (C=O) groups is 1. The van der Waals surface area contributed by atoms with Crippen molar-refractivity contribution in [3.63, 3.8) is 0 Å². The van der Waals surface area contributed by atoms with Crippen LogP contribution in [0.5, 0.6) is 0 Å². The average molecular weight is 232 g/mol. The van der Waals surface area contributed by atoms with Gasteiger partial charge in [0.25, 0.3) is 5.92 Å². The molecule has 1 fully saturated rings. The summed E-state index contributed by atoms with van der Waals surface area (Å²) in [5.41, 5.74) is 0. The van der Waals surface area contributed by atoms with E-state index in [0.717, 1.165) is 0 Å². The first-order valence-electron chi connectivity index (χ1n) is 2.85. The summed E-state index contributed by atoms with van der Waals surface area (Å²) in [4.78, 5) is 10.1. The summed E-state index contributed by atoms with van der Waals surface area (Å²) < 4.78 is 24.5. The first kappa shape index (κ1) is 10.8. The van der Waals surface area contributed by atoms with Gasteiger partial charge in [-0.1, -0.05) is 0 Å². The van der Waals surface area contributed by atoms with Crippen LogP contribution in [0, 0.1) is 0 Å². The van der Waals surface area contributed by atoms with E-state index in [1.165, 1.54) is 0 Å². The Labute approximate surface area is 72.5 Å². The maximum atomic E-state index is 12.2. The second-order valence-electron chi connectivity index (χ2n) is 2.33. The molecular formula is C5H8BrF2NO2. The van der Waals surface area contributed by atoms with E-state index in [0.29, 0.717) is 0 Å². The summed E-state index contributed by atoms with van der Waals surface area (Å²) in [6.07, 6.45) is -0.595. The fraction of sp³-hybridized carbons (Fsp3) is 0.800. The molecule has 0 aliphatic carbocycles. The maximum absolute atomic E-state index is 12.2. The lowest BCUT2D eigenvalue weighted by molar-refractivity contribution is -0.139. The molecule has 0 saturated carbocycles. The molecule has 1 atom stereocenters. The van der Waals surface area contributed by atoms with Crippen molar-refractivity contribution in [3.8, 4) is 0 Å². The maximum Gasteiger partial charge on any atom is 0.320 e. The molecule has 66 valence electrons. The lowest BCUT2D eigenvalue weighted by Crippen LogP contribution is -2.30. The molecule has 1 aliphatic rings. The zero-order chi connectivity index (χ0) is 7.78. The van der Waals surface area contributed by atoms with E-state index in [9.17, 15) is 13.6 Å². The minimum absolute atomic E-state index is 0. The van der Waals surface area contributed by atoms with Crippen molar-refractivity contribution in [2.75, 3.05) is 6.54 Å². The van der Waals surface area contributed by atoms with Crippen molar-refractivity contribution in [2.24, 2.45) is 0 Å². The van der Waals surface area contributed by atoms with Gasteiger partial charge in [-0.05, 0) is 0 Å². The van der Waals surface area contributed by atoms with Crippen molar-refractivity contribution < 1.29 is 18.7 Å². The number of rotatable bonds is 1. The summed E-state index contributed by atoms with van der Waals surface area (Å²) in [7, 11) is 0. The van der Waals surface area contributed by atoms with E-state index in [4.69, 9.17) is 5.11 Å². The molecule has 1 heterocycles. The van der Waals surface area contributed by atoms with Crippen LogP contribution in [0.15, 0.2) is 0 Å². The molecule has 0 spiro atoms. The van der Waals surface area contributed by atoms with Crippen molar-refractivity contribution in [1.29, 1.82) is 0 Å². The van der Waals surface area contributed by atoms with Gasteiger partial charge in [0, 0.05) is 6.42 Å². The van der Waals surface area contributed by atoms with Crippen LogP contribution in [0.4, 0.5) is 8.78 Å². The molecule has 1 unspecified atom stereocenters. The number of hydrogen-bond donors (Lipinski definition) is 2. The molecule has 3 nitrogen and oxygen atoms in total. The normalized spacial score (nSPS) is 27.6. The third-order valence-electron chi connectivity index (χ3n) is 1.41. The summed E-state index contributed by atoms with van der Waals surface area (Å²) >= 11 is 0. The fourth-order valence-corrected chi connectivity index (χ4v) is 0.890. The fourth-order valence-electron chi connectivity index (χ4n) is 0.890. The van der Waals surface area contributed by atoms with E-state index < -0.39 is 30.9 Å². The zero-order valence-corrected chi connectivity index (χ0v) is 7.22. The van der Waals surface area contributed by atoms with Crippen LogP contribution in [0.1, 0.15) is 6.42 Å². The molecule has 11 heavy (non-hydrogen) atoms. The molecule has 1 saturated heterocycles. The molecule has 1 aliphatic heterocycles. The molecule has 0 aromatic carbocycles. The predicted octanol–water partition coefficient (Wildman–Crippen LogP) is 0.646. The molecule has 0 bridgehead atoms. The highest BCUT2D eigenvalue weighted by Crippen LogP contribution is 2.24. The highest BCUT2D eigenvalue weighted by molar-refractivity contribution is 8.93. The number of alkyl halides is 2. The first-order valence-corrected chi connectivity index (χ1v) is 2.85. The highest BCUT2D eigenvalue weighted by atomic mass is 79.9. The van der Waals surface area contributed by atoms with Crippen LogP contribution >= 0.6 is 17.0 Å². The predicted molar refractivity (Wildman–Crippen MR) is 39.3 cm³/mol. The topological polar surface area (TPSA) is 49.3 Å². The van der Waals surface area contributed by atoms with Crippen LogP contribution in [-0.4, -0.2) is 29.6 Å². The summed E-state index contributed by atoms with van der Waals surface area (Å²) in [5, 5.41) is 10.4. The highest BCUT2D eigenvalue weighted by Gasteiger charge is 2.42. The van der Waals surface area contributed by atoms with Crippen molar-refractivity contribution in [3.05, 3.63) is 0 Å². The average Bonchev–Trinajstić information content (AvgIpc) is 2.10. The largest absolute Gasteiger partial charge is 0.480 e. The van der Waals surface area contributed by atoms with Crippen LogP contribution in [0.25, 0.3) is 0 Å². The van der Waals surface area contributed by atoms with Gasteiger partial charge in [0.05, 0.1) is 6.54 Å². The quantitative estimate of drug-likeness (QED) is 0.697. The van der Waals surface area contributed by atoms with Gasteiger partial charge >= 0.3 is 5.97 Å². The zero-order valence-electron chi connectivity index (χ0n) is 5.51. The molecule has 0 amide bonds. The number of carboxylic acids is 1. The third kappa shape index (κ3) is 2.70.